The van der Waals surface area contributed by atoms with E-state index < -0.39 is 0 Å². The lowest BCUT2D eigenvalue weighted by Crippen LogP contribution is -2.05. The molecule has 0 aromatic heterocycles. The number of aliphatic imine (C=N–C) groups is 1. The van der Waals surface area contributed by atoms with Gasteiger partial charge in [-0.15, -0.1) is 0 Å². The molecule has 0 spiro atoms. The Morgan fingerprint density at radius 2 is 2.29 bits per heavy atom. The van der Waals surface area contributed by atoms with Crippen molar-refractivity contribution in [1.29, 1.82) is 0 Å². The van der Waals surface area contributed by atoms with Crippen LogP contribution >= 0.6 is 11.6 Å². The van der Waals surface area contributed by atoms with E-state index in [1.165, 1.54) is 5.56 Å². The summed E-state index contributed by atoms with van der Waals surface area (Å²) in [6.07, 6.45) is 1.93. The molecule has 14 heavy (non-hydrogen) atoms. The van der Waals surface area contributed by atoms with Crippen LogP contribution < -0.4 is 5.73 Å². The first-order chi connectivity index (χ1) is 6.66. The lowest BCUT2D eigenvalue weighted by molar-refractivity contribution is 0.722. The second-order valence-electron chi connectivity index (χ2n) is 3.68. The Balaban J connectivity index is 2.29. The van der Waals surface area contributed by atoms with Crippen molar-refractivity contribution in [2.24, 2.45) is 10.7 Å². The molecule has 1 aliphatic heterocycles. The molecule has 0 amide bonds. The number of nitrogens with zero attached hydrogens (tertiary/aromatic N) is 1. The van der Waals surface area contributed by atoms with Crippen LogP contribution in [0.5, 0.6) is 0 Å². The predicted molar refractivity (Wildman–Crippen MR) is 59.8 cm³/mol. The first-order valence-electron chi connectivity index (χ1n) is 4.75. The highest BCUT2D eigenvalue weighted by Crippen LogP contribution is 2.29. The summed E-state index contributed by atoms with van der Waals surface area (Å²) >= 11 is 5.96. The molecule has 3 heteroatoms. The Bertz CT molecular complexity index is 385. The van der Waals surface area contributed by atoms with Gasteiger partial charge < -0.3 is 5.73 Å². The molecule has 0 radical (unpaired) electrons. The second kappa shape index (κ2) is 3.62. The van der Waals surface area contributed by atoms with Crippen LogP contribution in [0.15, 0.2) is 23.2 Å². The molecule has 2 N–H and O–H groups in total. The molecule has 0 saturated carbocycles. The van der Waals surface area contributed by atoms with Crippen LogP contribution in [0.2, 0.25) is 5.02 Å². The molecule has 0 unspecified atom stereocenters. The predicted octanol–water partition coefficient (Wildman–Crippen LogP) is 2.84. The molecule has 1 heterocycles. The van der Waals surface area contributed by atoms with Gasteiger partial charge in [-0.05, 0) is 30.5 Å². The number of hydrogen-bond donors (Lipinski definition) is 1. The Kier molecular flexibility index (Phi) is 2.46. The number of nitrogens with two attached hydrogens (primary N) is 1. The molecule has 0 saturated heterocycles. The zero-order chi connectivity index (χ0) is 10.1. The van der Waals surface area contributed by atoms with Crippen LogP contribution in [0.3, 0.4) is 0 Å². The van der Waals surface area contributed by atoms with Gasteiger partial charge in [0.25, 0.3) is 0 Å². The standard InChI is InChI=1S/C11H13ClN2/c1-7-6-8(2-3-9(7)12)10-4-5-11(13)14-10/h2-3,6,10H,4-5H2,1H3,(H2,13,14)/t10-/m1/s1. The summed E-state index contributed by atoms with van der Waals surface area (Å²) in [5.41, 5.74) is 7.97. The molecular formula is C11H13ClN2. The number of rotatable bonds is 1. The van der Waals surface area contributed by atoms with Gasteiger partial charge in [0.15, 0.2) is 0 Å². The van der Waals surface area contributed by atoms with Crippen molar-refractivity contribution in [3.63, 3.8) is 0 Å². The van der Waals surface area contributed by atoms with E-state index >= 15 is 0 Å². The summed E-state index contributed by atoms with van der Waals surface area (Å²) < 4.78 is 0. The van der Waals surface area contributed by atoms with Crippen LogP contribution in [0, 0.1) is 6.92 Å². The smallest absolute Gasteiger partial charge is 0.0945 e. The van der Waals surface area contributed by atoms with E-state index in [9.17, 15) is 0 Å². The maximum Gasteiger partial charge on any atom is 0.0945 e. The Morgan fingerprint density at radius 1 is 1.50 bits per heavy atom. The first kappa shape index (κ1) is 9.53. The minimum Gasteiger partial charge on any atom is -0.387 e. The maximum absolute atomic E-state index is 5.96. The zero-order valence-corrected chi connectivity index (χ0v) is 8.88. The topological polar surface area (TPSA) is 38.4 Å². The highest BCUT2D eigenvalue weighted by atomic mass is 35.5. The number of hydrogen-bond acceptors (Lipinski definition) is 2. The fourth-order valence-electron chi connectivity index (χ4n) is 1.73. The summed E-state index contributed by atoms with van der Waals surface area (Å²) in [4.78, 5) is 4.38. The van der Waals surface area contributed by atoms with Crippen molar-refractivity contribution in [2.45, 2.75) is 25.8 Å². The molecule has 1 aliphatic rings. The zero-order valence-electron chi connectivity index (χ0n) is 8.13. The number of benzene rings is 1. The Morgan fingerprint density at radius 3 is 2.86 bits per heavy atom. The molecule has 2 nitrogen and oxygen atoms in total. The fraction of sp³-hybridized carbons (Fsp3) is 0.364. The van der Waals surface area contributed by atoms with Gasteiger partial charge in [-0.1, -0.05) is 23.7 Å². The molecule has 0 aliphatic carbocycles. The van der Waals surface area contributed by atoms with Crippen LogP contribution in [-0.2, 0) is 0 Å². The molecule has 1 aromatic carbocycles. The van der Waals surface area contributed by atoms with Gasteiger partial charge in [-0.2, -0.15) is 0 Å². The lowest BCUT2D eigenvalue weighted by atomic mass is 10.0. The van der Waals surface area contributed by atoms with Gasteiger partial charge in [0, 0.05) is 11.4 Å². The lowest BCUT2D eigenvalue weighted by Gasteiger charge is -2.08. The molecule has 1 atom stereocenters. The number of halogens is 1. The van der Waals surface area contributed by atoms with Crippen LogP contribution in [0.1, 0.15) is 30.0 Å². The van der Waals surface area contributed by atoms with Gasteiger partial charge in [-0.3, -0.25) is 4.99 Å². The normalized spacial score (nSPS) is 21.0. The van der Waals surface area contributed by atoms with Crippen molar-refractivity contribution in [1.82, 2.24) is 0 Å². The van der Waals surface area contributed by atoms with Gasteiger partial charge in [0.2, 0.25) is 0 Å². The van der Waals surface area contributed by atoms with Crippen molar-refractivity contribution < 1.29 is 0 Å². The number of aryl methyl sites for hydroxylation is 1. The van der Waals surface area contributed by atoms with E-state index in [1.807, 2.05) is 19.1 Å². The minimum absolute atomic E-state index is 0.242. The van der Waals surface area contributed by atoms with Crippen LogP contribution in [0.4, 0.5) is 0 Å². The molecule has 74 valence electrons. The molecule has 0 bridgehead atoms. The summed E-state index contributed by atoms with van der Waals surface area (Å²) in [6, 6.07) is 6.29. The van der Waals surface area contributed by atoms with Gasteiger partial charge in [-0.25, -0.2) is 0 Å². The van der Waals surface area contributed by atoms with Crippen LogP contribution in [-0.4, -0.2) is 5.84 Å². The van der Waals surface area contributed by atoms with E-state index in [0.29, 0.717) is 0 Å². The Labute approximate surface area is 88.8 Å². The van der Waals surface area contributed by atoms with Crippen LogP contribution in [0.25, 0.3) is 0 Å². The maximum atomic E-state index is 5.96. The fourth-order valence-corrected chi connectivity index (χ4v) is 1.85. The largest absolute Gasteiger partial charge is 0.387 e. The first-order valence-corrected chi connectivity index (χ1v) is 5.13. The third-order valence-electron chi connectivity index (χ3n) is 2.56. The van der Waals surface area contributed by atoms with E-state index in [-0.39, 0.29) is 6.04 Å². The third kappa shape index (κ3) is 1.75. The van der Waals surface area contributed by atoms with Crippen molar-refractivity contribution in [3.05, 3.63) is 34.3 Å². The second-order valence-corrected chi connectivity index (χ2v) is 4.09. The van der Waals surface area contributed by atoms with E-state index in [0.717, 1.165) is 29.3 Å². The average molecular weight is 209 g/mol. The summed E-state index contributed by atoms with van der Waals surface area (Å²) in [6.45, 7) is 2.01. The van der Waals surface area contributed by atoms with E-state index in [4.69, 9.17) is 17.3 Å². The molecule has 1 aromatic rings. The van der Waals surface area contributed by atoms with Crippen molar-refractivity contribution >= 4 is 17.4 Å². The van der Waals surface area contributed by atoms with Gasteiger partial charge >= 0.3 is 0 Å². The highest BCUT2D eigenvalue weighted by Gasteiger charge is 2.17. The monoisotopic (exact) mass is 208 g/mol. The SMILES string of the molecule is Cc1cc([C@H]2CCC(N)=N2)ccc1Cl. The van der Waals surface area contributed by atoms with E-state index in [2.05, 4.69) is 11.1 Å². The average Bonchev–Trinajstić information content (AvgIpc) is 2.57. The summed E-state index contributed by atoms with van der Waals surface area (Å²) in [5.74, 6) is 0.766. The number of amidine groups is 1. The van der Waals surface area contributed by atoms with Gasteiger partial charge in [0.05, 0.1) is 11.9 Å². The molecule has 0 fully saturated rings. The summed E-state index contributed by atoms with van der Waals surface area (Å²) in [7, 11) is 0. The van der Waals surface area contributed by atoms with Crippen molar-refractivity contribution in [2.75, 3.05) is 0 Å². The third-order valence-corrected chi connectivity index (χ3v) is 2.99. The van der Waals surface area contributed by atoms with Gasteiger partial charge in [0.1, 0.15) is 0 Å². The molecular weight excluding hydrogens is 196 g/mol. The Hall–Kier alpha value is -1.02. The minimum atomic E-state index is 0.242. The van der Waals surface area contributed by atoms with E-state index in [1.54, 1.807) is 0 Å². The molecule has 2 rings (SSSR count). The summed E-state index contributed by atoms with van der Waals surface area (Å²) in [5, 5.41) is 0.809. The highest BCUT2D eigenvalue weighted by molar-refractivity contribution is 6.31. The quantitative estimate of drug-likeness (QED) is 0.757. The van der Waals surface area contributed by atoms with Crippen molar-refractivity contribution in [3.8, 4) is 0 Å².